The van der Waals surface area contributed by atoms with E-state index in [0.717, 1.165) is 12.8 Å². The number of carbonyl (C=O) groups excluding carboxylic acids is 2. The van der Waals surface area contributed by atoms with Gasteiger partial charge in [0.05, 0.1) is 5.52 Å². The van der Waals surface area contributed by atoms with Gasteiger partial charge in [-0.2, -0.15) is 0 Å². The number of rotatable bonds is 8. The number of nitrogens with zero attached hydrogens (tertiary/aromatic N) is 3. The number of imidazole rings is 1. The SMILES string of the molecule is CCCN(CCC)C(=O)c1nc(C(=O)NCc2ccccc2F)c2ccccn12. The van der Waals surface area contributed by atoms with E-state index in [0.29, 0.717) is 24.2 Å². The molecule has 0 aliphatic heterocycles. The summed E-state index contributed by atoms with van der Waals surface area (Å²) < 4.78 is 15.5. The van der Waals surface area contributed by atoms with Crippen LogP contribution in [0.15, 0.2) is 48.7 Å². The van der Waals surface area contributed by atoms with Crippen LogP contribution in [0.3, 0.4) is 0 Å². The second kappa shape index (κ2) is 9.32. The van der Waals surface area contributed by atoms with E-state index < -0.39 is 5.91 Å². The molecule has 7 heteroatoms. The standard InChI is InChI=1S/C22H25FN4O2/c1-3-12-26(13-4-2)22(29)20-25-19(18-11-7-8-14-27(18)20)21(28)24-15-16-9-5-6-10-17(16)23/h5-11,14H,3-4,12-13,15H2,1-2H3,(H,24,28). The Balaban J connectivity index is 1.90. The normalized spacial score (nSPS) is 10.9. The number of nitrogens with one attached hydrogen (secondary N) is 1. The molecule has 0 radical (unpaired) electrons. The lowest BCUT2D eigenvalue weighted by Crippen LogP contribution is -2.34. The Bertz CT molecular complexity index is 1010. The maximum atomic E-state index is 13.8. The van der Waals surface area contributed by atoms with Crippen LogP contribution in [0.2, 0.25) is 0 Å². The third-order valence-electron chi connectivity index (χ3n) is 4.63. The first-order chi connectivity index (χ1) is 14.1. The Labute approximate surface area is 169 Å². The molecule has 1 aromatic carbocycles. The minimum absolute atomic E-state index is 0.0401. The predicted octanol–water partition coefficient (Wildman–Crippen LogP) is 3.67. The van der Waals surface area contributed by atoms with Gasteiger partial charge in [-0.3, -0.25) is 14.0 Å². The summed E-state index contributed by atoms with van der Waals surface area (Å²) in [6.45, 7) is 5.33. The molecule has 0 unspecified atom stereocenters. The molecule has 2 heterocycles. The van der Waals surface area contributed by atoms with Crippen LogP contribution in [-0.4, -0.2) is 39.2 Å². The van der Waals surface area contributed by atoms with Gasteiger partial charge >= 0.3 is 0 Å². The van der Waals surface area contributed by atoms with E-state index in [1.165, 1.54) is 6.07 Å². The third-order valence-corrected chi connectivity index (χ3v) is 4.63. The van der Waals surface area contributed by atoms with Gasteiger partial charge in [-0.15, -0.1) is 0 Å². The third kappa shape index (κ3) is 4.45. The number of aromatic nitrogens is 2. The molecule has 0 spiro atoms. The molecular formula is C22H25FN4O2. The first-order valence-corrected chi connectivity index (χ1v) is 9.84. The lowest BCUT2D eigenvalue weighted by Gasteiger charge is -2.20. The number of fused-ring (bicyclic) bond motifs is 1. The highest BCUT2D eigenvalue weighted by molar-refractivity contribution is 6.02. The zero-order valence-electron chi connectivity index (χ0n) is 16.7. The van der Waals surface area contributed by atoms with Crippen LogP contribution in [0, 0.1) is 5.82 Å². The monoisotopic (exact) mass is 396 g/mol. The molecule has 0 fully saturated rings. The van der Waals surface area contributed by atoms with Crippen molar-refractivity contribution in [3.05, 3.63) is 71.6 Å². The number of hydrogen-bond acceptors (Lipinski definition) is 3. The fraction of sp³-hybridized carbons (Fsp3) is 0.318. The average Bonchev–Trinajstić information content (AvgIpc) is 3.12. The summed E-state index contributed by atoms with van der Waals surface area (Å²) in [6, 6.07) is 11.6. The van der Waals surface area contributed by atoms with Gasteiger partial charge in [0.2, 0.25) is 5.82 Å². The van der Waals surface area contributed by atoms with Crippen molar-refractivity contribution in [3.8, 4) is 0 Å². The maximum Gasteiger partial charge on any atom is 0.290 e. The molecule has 2 aromatic heterocycles. The molecule has 3 rings (SSSR count). The molecule has 0 atom stereocenters. The van der Waals surface area contributed by atoms with Crippen LogP contribution in [0.25, 0.3) is 5.52 Å². The molecular weight excluding hydrogens is 371 g/mol. The van der Waals surface area contributed by atoms with Crippen LogP contribution in [0.1, 0.15) is 53.4 Å². The Hall–Kier alpha value is -3.22. The summed E-state index contributed by atoms with van der Waals surface area (Å²) in [5.74, 6) is -0.830. The zero-order valence-corrected chi connectivity index (χ0v) is 16.7. The van der Waals surface area contributed by atoms with Crippen molar-refractivity contribution in [1.82, 2.24) is 19.6 Å². The lowest BCUT2D eigenvalue weighted by atomic mass is 10.2. The Morgan fingerprint density at radius 2 is 1.76 bits per heavy atom. The number of halogens is 1. The Morgan fingerprint density at radius 3 is 2.45 bits per heavy atom. The van der Waals surface area contributed by atoms with Gasteiger partial charge in [-0.25, -0.2) is 9.37 Å². The van der Waals surface area contributed by atoms with Crippen LogP contribution in [-0.2, 0) is 6.54 Å². The van der Waals surface area contributed by atoms with Crippen molar-refractivity contribution in [1.29, 1.82) is 0 Å². The van der Waals surface area contributed by atoms with E-state index in [-0.39, 0.29) is 29.8 Å². The van der Waals surface area contributed by atoms with Crippen LogP contribution >= 0.6 is 0 Å². The Kier molecular flexibility index (Phi) is 6.59. The van der Waals surface area contributed by atoms with Gasteiger partial charge in [0.1, 0.15) is 5.82 Å². The van der Waals surface area contributed by atoms with Crippen LogP contribution in [0.5, 0.6) is 0 Å². The molecule has 1 N–H and O–H groups in total. The second-order valence-electron chi connectivity index (χ2n) is 6.81. The molecule has 0 saturated heterocycles. The summed E-state index contributed by atoms with van der Waals surface area (Å²) in [7, 11) is 0. The molecule has 0 aliphatic carbocycles. The zero-order chi connectivity index (χ0) is 20.8. The predicted molar refractivity (Wildman–Crippen MR) is 109 cm³/mol. The summed E-state index contributed by atoms with van der Waals surface area (Å²) in [5.41, 5.74) is 1.07. The number of hydrogen-bond donors (Lipinski definition) is 1. The van der Waals surface area contributed by atoms with E-state index in [4.69, 9.17) is 0 Å². The van der Waals surface area contributed by atoms with Crippen molar-refractivity contribution in [2.24, 2.45) is 0 Å². The fourth-order valence-electron chi connectivity index (χ4n) is 3.25. The fourth-order valence-corrected chi connectivity index (χ4v) is 3.25. The first kappa shape index (κ1) is 20.5. The van der Waals surface area contributed by atoms with Crippen molar-refractivity contribution in [3.63, 3.8) is 0 Å². The smallest absolute Gasteiger partial charge is 0.290 e. The molecule has 0 aliphatic rings. The van der Waals surface area contributed by atoms with E-state index in [1.54, 1.807) is 51.9 Å². The molecule has 6 nitrogen and oxygen atoms in total. The highest BCUT2D eigenvalue weighted by Crippen LogP contribution is 2.16. The molecule has 152 valence electrons. The van der Waals surface area contributed by atoms with Crippen molar-refractivity contribution < 1.29 is 14.0 Å². The molecule has 2 amide bonds. The number of pyridine rings is 1. The minimum Gasteiger partial charge on any atom is -0.346 e. The van der Waals surface area contributed by atoms with Crippen molar-refractivity contribution in [2.45, 2.75) is 33.2 Å². The van der Waals surface area contributed by atoms with Crippen LogP contribution in [0.4, 0.5) is 4.39 Å². The average molecular weight is 396 g/mol. The van der Waals surface area contributed by atoms with Crippen LogP contribution < -0.4 is 5.32 Å². The minimum atomic E-state index is -0.450. The Morgan fingerprint density at radius 1 is 1.07 bits per heavy atom. The first-order valence-electron chi connectivity index (χ1n) is 9.84. The van der Waals surface area contributed by atoms with Gasteiger partial charge in [0.15, 0.2) is 5.69 Å². The maximum absolute atomic E-state index is 13.8. The highest BCUT2D eigenvalue weighted by atomic mass is 19.1. The highest BCUT2D eigenvalue weighted by Gasteiger charge is 2.24. The van der Waals surface area contributed by atoms with Gasteiger partial charge in [0.25, 0.3) is 11.8 Å². The largest absolute Gasteiger partial charge is 0.346 e. The van der Waals surface area contributed by atoms with Crippen molar-refractivity contribution >= 4 is 17.3 Å². The summed E-state index contributed by atoms with van der Waals surface area (Å²) in [5, 5.41) is 2.70. The van der Waals surface area contributed by atoms with E-state index in [9.17, 15) is 14.0 Å². The topological polar surface area (TPSA) is 66.7 Å². The molecule has 3 aromatic rings. The summed E-state index contributed by atoms with van der Waals surface area (Å²) in [4.78, 5) is 32.0. The number of amides is 2. The van der Waals surface area contributed by atoms with Gasteiger partial charge < -0.3 is 10.2 Å². The summed E-state index contributed by atoms with van der Waals surface area (Å²) in [6.07, 6.45) is 3.40. The van der Waals surface area contributed by atoms with Gasteiger partial charge in [0, 0.05) is 31.4 Å². The quantitative estimate of drug-likeness (QED) is 0.632. The van der Waals surface area contributed by atoms with E-state index in [1.807, 2.05) is 13.8 Å². The van der Waals surface area contributed by atoms with Gasteiger partial charge in [-0.05, 0) is 31.0 Å². The second-order valence-corrected chi connectivity index (χ2v) is 6.81. The van der Waals surface area contributed by atoms with E-state index >= 15 is 0 Å². The van der Waals surface area contributed by atoms with Crippen molar-refractivity contribution in [2.75, 3.05) is 13.1 Å². The molecule has 0 saturated carbocycles. The van der Waals surface area contributed by atoms with E-state index in [2.05, 4.69) is 10.3 Å². The summed E-state index contributed by atoms with van der Waals surface area (Å²) >= 11 is 0. The lowest BCUT2D eigenvalue weighted by molar-refractivity contribution is 0.0742. The molecule has 0 bridgehead atoms. The van der Waals surface area contributed by atoms with Gasteiger partial charge in [-0.1, -0.05) is 38.1 Å². The molecule has 29 heavy (non-hydrogen) atoms. The number of benzene rings is 1. The number of carbonyl (C=O) groups is 2.